The van der Waals surface area contributed by atoms with Crippen LogP contribution < -0.4 is 9.47 Å². The molecule has 0 atom stereocenters. The van der Waals surface area contributed by atoms with Gasteiger partial charge >= 0.3 is 0 Å². The predicted molar refractivity (Wildman–Crippen MR) is 66.7 cm³/mol. The van der Waals surface area contributed by atoms with Gasteiger partial charge in [0, 0.05) is 12.1 Å². The predicted octanol–water partition coefficient (Wildman–Crippen LogP) is 2.13. The van der Waals surface area contributed by atoms with Crippen LogP contribution >= 0.6 is 0 Å². The van der Waals surface area contributed by atoms with Gasteiger partial charge in [0.25, 0.3) is 0 Å². The quantitative estimate of drug-likeness (QED) is 0.831. The van der Waals surface area contributed by atoms with Crippen LogP contribution in [0.1, 0.15) is 13.3 Å². The maximum Gasteiger partial charge on any atom is 0.163 e. The van der Waals surface area contributed by atoms with Crippen LogP contribution in [0.3, 0.4) is 0 Å². The average molecular weight is 245 g/mol. The fourth-order valence-electron chi connectivity index (χ4n) is 2.07. The molecule has 0 amide bonds. The Hall–Kier alpha value is -2.04. The summed E-state index contributed by atoms with van der Waals surface area (Å²) in [5.74, 6) is 2.45. The van der Waals surface area contributed by atoms with Crippen molar-refractivity contribution >= 4 is 0 Å². The molecule has 2 aromatic rings. The highest BCUT2D eigenvalue weighted by molar-refractivity contribution is 5.61. The van der Waals surface area contributed by atoms with Crippen LogP contribution in [0.2, 0.25) is 0 Å². The molecular formula is C13H15N3O2. The third-order valence-corrected chi connectivity index (χ3v) is 2.88. The van der Waals surface area contributed by atoms with Crippen molar-refractivity contribution in [3.05, 3.63) is 24.5 Å². The van der Waals surface area contributed by atoms with Crippen LogP contribution in [-0.2, 0) is 6.54 Å². The molecule has 0 saturated heterocycles. The van der Waals surface area contributed by atoms with Crippen LogP contribution in [0.15, 0.2) is 24.5 Å². The van der Waals surface area contributed by atoms with Gasteiger partial charge in [0.05, 0.1) is 0 Å². The van der Waals surface area contributed by atoms with Crippen molar-refractivity contribution in [1.29, 1.82) is 0 Å². The van der Waals surface area contributed by atoms with Gasteiger partial charge in [-0.25, -0.2) is 0 Å². The van der Waals surface area contributed by atoms with Crippen LogP contribution in [0, 0.1) is 0 Å². The minimum atomic E-state index is 0.595. The molecule has 2 heterocycles. The highest BCUT2D eigenvalue weighted by Gasteiger charge is 2.14. The highest BCUT2D eigenvalue weighted by Crippen LogP contribution is 2.33. The summed E-state index contributed by atoms with van der Waals surface area (Å²) in [4.78, 5) is 0. The van der Waals surface area contributed by atoms with Gasteiger partial charge in [-0.05, 0) is 24.6 Å². The van der Waals surface area contributed by atoms with Crippen molar-refractivity contribution in [1.82, 2.24) is 14.8 Å². The number of rotatable bonds is 3. The van der Waals surface area contributed by atoms with Crippen LogP contribution in [0.4, 0.5) is 0 Å². The molecule has 18 heavy (non-hydrogen) atoms. The van der Waals surface area contributed by atoms with Gasteiger partial charge in [-0.1, -0.05) is 6.92 Å². The first-order chi connectivity index (χ1) is 8.88. The van der Waals surface area contributed by atoms with Crippen molar-refractivity contribution in [3.8, 4) is 22.9 Å². The zero-order valence-electron chi connectivity index (χ0n) is 10.3. The van der Waals surface area contributed by atoms with Gasteiger partial charge in [0.1, 0.15) is 19.5 Å². The molecule has 0 radical (unpaired) electrons. The standard InChI is InChI=1S/C13H15N3O2/c1-2-5-16-9-14-15-13(16)10-3-4-11-12(8-10)18-7-6-17-11/h3-4,8-9H,2,5-7H2,1H3. The first-order valence-corrected chi connectivity index (χ1v) is 6.16. The molecule has 0 saturated carbocycles. The highest BCUT2D eigenvalue weighted by atomic mass is 16.6. The molecule has 0 bridgehead atoms. The molecule has 1 aromatic heterocycles. The summed E-state index contributed by atoms with van der Waals surface area (Å²) in [7, 11) is 0. The first-order valence-electron chi connectivity index (χ1n) is 6.16. The lowest BCUT2D eigenvalue weighted by Gasteiger charge is -2.18. The summed E-state index contributed by atoms with van der Waals surface area (Å²) in [6.07, 6.45) is 2.81. The lowest BCUT2D eigenvalue weighted by Crippen LogP contribution is -2.15. The van der Waals surface area contributed by atoms with Gasteiger partial charge in [-0.15, -0.1) is 10.2 Å². The molecule has 94 valence electrons. The SMILES string of the molecule is CCCn1cnnc1-c1ccc2c(c1)OCCO2. The number of benzene rings is 1. The number of fused-ring (bicyclic) bond motifs is 1. The van der Waals surface area contributed by atoms with E-state index in [4.69, 9.17) is 9.47 Å². The average Bonchev–Trinajstić information content (AvgIpc) is 2.87. The van der Waals surface area contributed by atoms with E-state index in [0.717, 1.165) is 35.9 Å². The summed E-state index contributed by atoms with van der Waals surface area (Å²) in [6.45, 7) is 4.25. The monoisotopic (exact) mass is 245 g/mol. The summed E-state index contributed by atoms with van der Waals surface area (Å²) in [6, 6.07) is 5.88. The van der Waals surface area contributed by atoms with Crippen molar-refractivity contribution in [3.63, 3.8) is 0 Å². The minimum Gasteiger partial charge on any atom is -0.486 e. The van der Waals surface area contributed by atoms with Crippen molar-refractivity contribution in [2.75, 3.05) is 13.2 Å². The van der Waals surface area contributed by atoms with Gasteiger partial charge < -0.3 is 14.0 Å². The summed E-state index contributed by atoms with van der Waals surface area (Å²) < 4.78 is 13.1. The maximum atomic E-state index is 5.58. The Morgan fingerprint density at radius 2 is 2.06 bits per heavy atom. The minimum absolute atomic E-state index is 0.595. The van der Waals surface area contributed by atoms with Crippen molar-refractivity contribution < 1.29 is 9.47 Å². The molecule has 5 nitrogen and oxygen atoms in total. The fraction of sp³-hybridized carbons (Fsp3) is 0.385. The molecular weight excluding hydrogens is 230 g/mol. The topological polar surface area (TPSA) is 49.2 Å². The second-order valence-electron chi connectivity index (χ2n) is 4.21. The van der Waals surface area contributed by atoms with Crippen LogP contribution in [0.25, 0.3) is 11.4 Å². The first kappa shape index (κ1) is 11.1. The Morgan fingerprint density at radius 1 is 1.22 bits per heavy atom. The molecule has 3 rings (SSSR count). The normalized spacial score (nSPS) is 13.6. The van der Waals surface area contributed by atoms with Crippen LogP contribution in [0.5, 0.6) is 11.5 Å². The molecule has 1 aromatic carbocycles. The Labute approximate surface area is 105 Å². The largest absolute Gasteiger partial charge is 0.486 e. The number of hydrogen-bond acceptors (Lipinski definition) is 4. The lowest BCUT2D eigenvalue weighted by molar-refractivity contribution is 0.171. The molecule has 0 spiro atoms. The Morgan fingerprint density at radius 3 is 2.89 bits per heavy atom. The maximum absolute atomic E-state index is 5.58. The number of hydrogen-bond donors (Lipinski definition) is 0. The van der Waals surface area contributed by atoms with E-state index in [-0.39, 0.29) is 0 Å². The van der Waals surface area contributed by atoms with E-state index in [2.05, 4.69) is 17.1 Å². The van der Waals surface area contributed by atoms with E-state index in [9.17, 15) is 0 Å². The van der Waals surface area contributed by atoms with Gasteiger partial charge in [0.2, 0.25) is 0 Å². The second-order valence-corrected chi connectivity index (χ2v) is 4.21. The Bertz CT molecular complexity index is 551. The summed E-state index contributed by atoms with van der Waals surface area (Å²) in [5.41, 5.74) is 1.00. The smallest absolute Gasteiger partial charge is 0.163 e. The van der Waals surface area contributed by atoms with Crippen molar-refractivity contribution in [2.24, 2.45) is 0 Å². The molecule has 1 aliphatic heterocycles. The second kappa shape index (κ2) is 4.68. The van der Waals surface area contributed by atoms with Gasteiger partial charge in [-0.2, -0.15) is 0 Å². The van der Waals surface area contributed by atoms with Crippen molar-refractivity contribution in [2.45, 2.75) is 19.9 Å². The zero-order chi connectivity index (χ0) is 12.4. The van der Waals surface area contributed by atoms with E-state index < -0.39 is 0 Å². The van der Waals surface area contributed by atoms with E-state index in [1.807, 2.05) is 22.8 Å². The molecule has 0 N–H and O–H groups in total. The summed E-state index contributed by atoms with van der Waals surface area (Å²) in [5, 5.41) is 8.14. The number of ether oxygens (including phenoxy) is 2. The van der Waals surface area contributed by atoms with Gasteiger partial charge in [-0.3, -0.25) is 0 Å². The third-order valence-electron chi connectivity index (χ3n) is 2.88. The number of aryl methyl sites for hydroxylation is 1. The van der Waals surface area contributed by atoms with Gasteiger partial charge in [0.15, 0.2) is 17.3 Å². The van der Waals surface area contributed by atoms with E-state index in [1.165, 1.54) is 0 Å². The Balaban J connectivity index is 1.98. The number of aromatic nitrogens is 3. The van der Waals surface area contributed by atoms with Crippen LogP contribution in [-0.4, -0.2) is 28.0 Å². The Kier molecular flexibility index (Phi) is 2.88. The zero-order valence-corrected chi connectivity index (χ0v) is 10.3. The third kappa shape index (κ3) is 1.92. The lowest BCUT2D eigenvalue weighted by atomic mass is 10.2. The van der Waals surface area contributed by atoms with E-state index in [0.29, 0.717) is 13.2 Å². The molecule has 5 heteroatoms. The summed E-state index contributed by atoms with van der Waals surface area (Å²) >= 11 is 0. The fourth-order valence-corrected chi connectivity index (χ4v) is 2.07. The molecule has 0 fully saturated rings. The van der Waals surface area contributed by atoms with E-state index in [1.54, 1.807) is 6.33 Å². The number of nitrogens with zero attached hydrogens (tertiary/aromatic N) is 3. The van der Waals surface area contributed by atoms with E-state index >= 15 is 0 Å². The molecule has 0 unspecified atom stereocenters. The molecule has 0 aliphatic carbocycles. The molecule has 1 aliphatic rings.